The van der Waals surface area contributed by atoms with Crippen molar-refractivity contribution in [2.75, 3.05) is 13.1 Å². The molecular formula is C17H28N2. The first-order valence-electron chi connectivity index (χ1n) is 7.87. The highest BCUT2D eigenvalue weighted by Gasteiger charge is 2.28. The van der Waals surface area contributed by atoms with Crippen LogP contribution in [0.1, 0.15) is 57.1 Å². The number of piperidine rings is 1. The van der Waals surface area contributed by atoms with Crippen LogP contribution in [0.2, 0.25) is 0 Å². The summed E-state index contributed by atoms with van der Waals surface area (Å²) in [5, 5.41) is 0. The van der Waals surface area contributed by atoms with E-state index in [0.717, 1.165) is 19.0 Å². The minimum atomic E-state index is 0.517. The summed E-state index contributed by atoms with van der Waals surface area (Å²) in [6.07, 6.45) is 7.78. The third-order valence-electron chi connectivity index (χ3n) is 4.32. The molecule has 19 heavy (non-hydrogen) atoms. The van der Waals surface area contributed by atoms with E-state index in [9.17, 15) is 0 Å². The minimum Gasteiger partial charge on any atom is -0.330 e. The first-order valence-corrected chi connectivity index (χ1v) is 7.87. The Balaban J connectivity index is 2.16. The molecule has 0 spiro atoms. The van der Waals surface area contributed by atoms with E-state index < -0.39 is 0 Å². The van der Waals surface area contributed by atoms with Gasteiger partial charge in [0.25, 0.3) is 0 Å². The quantitative estimate of drug-likeness (QED) is 0.844. The molecule has 1 aliphatic rings. The molecule has 1 aromatic rings. The second kappa shape index (κ2) is 7.66. The Morgan fingerprint density at radius 1 is 1.26 bits per heavy atom. The van der Waals surface area contributed by atoms with Crippen molar-refractivity contribution in [1.29, 1.82) is 0 Å². The zero-order valence-corrected chi connectivity index (χ0v) is 12.2. The molecule has 2 atom stereocenters. The van der Waals surface area contributed by atoms with Crippen molar-refractivity contribution in [2.45, 2.75) is 57.5 Å². The minimum absolute atomic E-state index is 0.517. The van der Waals surface area contributed by atoms with Gasteiger partial charge < -0.3 is 5.73 Å². The van der Waals surface area contributed by atoms with Crippen molar-refractivity contribution in [1.82, 2.24) is 4.90 Å². The Bertz CT molecular complexity index is 348. The van der Waals surface area contributed by atoms with E-state index >= 15 is 0 Å². The van der Waals surface area contributed by atoms with Crippen LogP contribution in [0.15, 0.2) is 30.3 Å². The van der Waals surface area contributed by atoms with Crippen LogP contribution in [0, 0.1) is 0 Å². The molecule has 1 heterocycles. The zero-order valence-electron chi connectivity index (χ0n) is 12.2. The maximum Gasteiger partial charge on any atom is 0.0363 e. The highest BCUT2D eigenvalue weighted by molar-refractivity contribution is 5.19. The van der Waals surface area contributed by atoms with Gasteiger partial charge in [0.2, 0.25) is 0 Å². The Morgan fingerprint density at radius 2 is 2.05 bits per heavy atom. The van der Waals surface area contributed by atoms with Crippen LogP contribution in [-0.4, -0.2) is 24.0 Å². The Morgan fingerprint density at radius 3 is 2.74 bits per heavy atom. The second-order valence-electron chi connectivity index (χ2n) is 5.68. The van der Waals surface area contributed by atoms with Crippen molar-refractivity contribution in [3.63, 3.8) is 0 Å². The summed E-state index contributed by atoms with van der Waals surface area (Å²) in [7, 11) is 0. The van der Waals surface area contributed by atoms with Gasteiger partial charge in [0, 0.05) is 12.1 Å². The van der Waals surface area contributed by atoms with Crippen LogP contribution in [0.3, 0.4) is 0 Å². The Hall–Kier alpha value is -0.860. The zero-order chi connectivity index (χ0) is 13.5. The molecule has 2 N–H and O–H groups in total. The lowest BCUT2D eigenvalue weighted by atomic mass is 9.92. The predicted molar refractivity (Wildman–Crippen MR) is 82.1 cm³/mol. The number of nitrogens with zero attached hydrogens (tertiary/aromatic N) is 1. The summed E-state index contributed by atoms with van der Waals surface area (Å²) >= 11 is 0. The molecular weight excluding hydrogens is 232 g/mol. The molecule has 0 aliphatic carbocycles. The fourth-order valence-corrected chi connectivity index (χ4v) is 3.43. The van der Waals surface area contributed by atoms with Gasteiger partial charge in [0.05, 0.1) is 0 Å². The van der Waals surface area contributed by atoms with Crippen LogP contribution >= 0.6 is 0 Å². The average Bonchev–Trinajstić information content (AvgIpc) is 2.47. The molecule has 1 aliphatic heterocycles. The highest BCUT2D eigenvalue weighted by atomic mass is 15.2. The van der Waals surface area contributed by atoms with Crippen LogP contribution in [-0.2, 0) is 0 Å². The third kappa shape index (κ3) is 3.80. The van der Waals surface area contributed by atoms with Gasteiger partial charge in [-0.05, 0) is 44.3 Å². The molecule has 0 bridgehead atoms. The molecule has 0 radical (unpaired) electrons. The first kappa shape index (κ1) is 14.5. The van der Waals surface area contributed by atoms with Crippen molar-refractivity contribution >= 4 is 0 Å². The van der Waals surface area contributed by atoms with Crippen LogP contribution in [0.25, 0.3) is 0 Å². The first-order chi connectivity index (χ1) is 9.36. The van der Waals surface area contributed by atoms with E-state index in [1.165, 1.54) is 44.2 Å². The fraction of sp³-hybridized carbons (Fsp3) is 0.647. The molecule has 2 unspecified atom stereocenters. The SMILES string of the molecule is CCCC1CCCCN1C(CCN)c1ccccc1. The molecule has 2 nitrogen and oxygen atoms in total. The van der Waals surface area contributed by atoms with Gasteiger partial charge in [-0.25, -0.2) is 0 Å². The van der Waals surface area contributed by atoms with Crippen LogP contribution in [0.4, 0.5) is 0 Å². The monoisotopic (exact) mass is 260 g/mol. The molecule has 1 fully saturated rings. The molecule has 0 saturated carbocycles. The maximum atomic E-state index is 5.87. The van der Waals surface area contributed by atoms with Gasteiger partial charge >= 0.3 is 0 Å². The molecule has 1 aromatic carbocycles. The normalized spacial score (nSPS) is 22.3. The van der Waals surface area contributed by atoms with E-state index in [1.807, 2.05) is 0 Å². The van der Waals surface area contributed by atoms with Gasteiger partial charge in [-0.2, -0.15) is 0 Å². The molecule has 2 rings (SSSR count). The summed E-state index contributed by atoms with van der Waals surface area (Å²) in [6, 6.07) is 12.2. The summed E-state index contributed by atoms with van der Waals surface area (Å²) in [6.45, 7) is 4.31. The van der Waals surface area contributed by atoms with E-state index in [2.05, 4.69) is 42.2 Å². The molecule has 1 saturated heterocycles. The molecule has 106 valence electrons. The largest absolute Gasteiger partial charge is 0.330 e. The number of hydrogen-bond donors (Lipinski definition) is 1. The van der Waals surface area contributed by atoms with Crippen LogP contribution in [0.5, 0.6) is 0 Å². The smallest absolute Gasteiger partial charge is 0.0363 e. The van der Waals surface area contributed by atoms with Gasteiger partial charge in [-0.3, -0.25) is 4.90 Å². The van der Waals surface area contributed by atoms with E-state index in [0.29, 0.717) is 6.04 Å². The van der Waals surface area contributed by atoms with E-state index in [-0.39, 0.29) is 0 Å². The van der Waals surface area contributed by atoms with Crippen LogP contribution < -0.4 is 5.73 Å². The molecule has 2 heteroatoms. The lowest BCUT2D eigenvalue weighted by molar-refractivity contribution is 0.0839. The summed E-state index contributed by atoms with van der Waals surface area (Å²) in [5.41, 5.74) is 7.31. The van der Waals surface area contributed by atoms with Gasteiger partial charge in [-0.15, -0.1) is 0 Å². The summed E-state index contributed by atoms with van der Waals surface area (Å²) in [4.78, 5) is 2.73. The standard InChI is InChI=1S/C17H28N2/c1-2-8-16-11-6-7-14-19(16)17(12-13-18)15-9-4-3-5-10-15/h3-5,9-10,16-17H,2,6-8,11-14,18H2,1H3. The predicted octanol–water partition coefficient (Wildman–Crippen LogP) is 3.73. The molecule has 0 amide bonds. The topological polar surface area (TPSA) is 29.3 Å². The highest BCUT2D eigenvalue weighted by Crippen LogP contribution is 2.32. The summed E-state index contributed by atoms with van der Waals surface area (Å²) in [5.74, 6) is 0. The lowest BCUT2D eigenvalue weighted by Gasteiger charge is -2.41. The van der Waals surface area contributed by atoms with Crippen molar-refractivity contribution in [3.8, 4) is 0 Å². The van der Waals surface area contributed by atoms with E-state index in [4.69, 9.17) is 5.73 Å². The number of rotatable bonds is 6. The number of nitrogens with two attached hydrogens (primary N) is 1. The van der Waals surface area contributed by atoms with Gasteiger partial charge in [-0.1, -0.05) is 50.1 Å². The number of benzene rings is 1. The van der Waals surface area contributed by atoms with Gasteiger partial charge in [0.15, 0.2) is 0 Å². The number of hydrogen-bond acceptors (Lipinski definition) is 2. The van der Waals surface area contributed by atoms with Crippen molar-refractivity contribution < 1.29 is 0 Å². The van der Waals surface area contributed by atoms with E-state index in [1.54, 1.807) is 0 Å². The maximum absolute atomic E-state index is 5.87. The second-order valence-corrected chi connectivity index (χ2v) is 5.68. The average molecular weight is 260 g/mol. The summed E-state index contributed by atoms with van der Waals surface area (Å²) < 4.78 is 0. The fourth-order valence-electron chi connectivity index (χ4n) is 3.43. The molecule has 0 aromatic heterocycles. The number of likely N-dealkylation sites (tertiary alicyclic amines) is 1. The van der Waals surface area contributed by atoms with Crippen molar-refractivity contribution in [3.05, 3.63) is 35.9 Å². The van der Waals surface area contributed by atoms with Crippen molar-refractivity contribution in [2.24, 2.45) is 5.73 Å². The third-order valence-corrected chi connectivity index (χ3v) is 4.32. The lowest BCUT2D eigenvalue weighted by Crippen LogP contribution is -2.42. The Labute approximate surface area is 118 Å². The Kier molecular flexibility index (Phi) is 5.87. The van der Waals surface area contributed by atoms with Gasteiger partial charge in [0.1, 0.15) is 0 Å².